The first-order valence-corrected chi connectivity index (χ1v) is 7.67. The maximum Gasteiger partial charge on any atom is 0.261 e. The minimum Gasteiger partial charge on any atom is -0.497 e. The molecule has 0 bridgehead atoms. The summed E-state index contributed by atoms with van der Waals surface area (Å²) in [5, 5.41) is 2.19. The molecule has 1 unspecified atom stereocenters. The second-order valence-corrected chi connectivity index (χ2v) is 6.48. The van der Waals surface area contributed by atoms with Crippen molar-refractivity contribution in [3.05, 3.63) is 29.3 Å². The minimum atomic E-state index is -0.971. The van der Waals surface area contributed by atoms with E-state index in [1.54, 1.807) is 32.0 Å². The Morgan fingerprint density at radius 3 is 2.54 bits per heavy atom. The molecule has 4 amide bonds. The van der Waals surface area contributed by atoms with Crippen molar-refractivity contribution < 1.29 is 23.9 Å². The maximum atomic E-state index is 12.9. The zero-order chi connectivity index (χ0) is 17.6. The number of fused-ring (bicyclic) bond motifs is 1. The van der Waals surface area contributed by atoms with Crippen molar-refractivity contribution in [1.82, 2.24) is 10.2 Å². The third-order valence-corrected chi connectivity index (χ3v) is 4.62. The van der Waals surface area contributed by atoms with Crippen LogP contribution in [0.4, 0.5) is 0 Å². The van der Waals surface area contributed by atoms with Crippen molar-refractivity contribution >= 4 is 23.6 Å². The second kappa shape index (κ2) is 5.43. The van der Waals surface area contributed by atoms with Crippen LogP contribution >= 0.6 is 0 Å². The van der Waals surface area contributed by atoms with E-state index in [2.05, 4.69) is 5.32 Å². The van der Waals surface area contributed by atoms with Gasteiger partial charge in [-0.1, -0.05) is 6.07 Å². The van der Waals surface area contributed by atoms with E-state index in [-0.39, 0.29) is 12.8 Å². The summed E-state index contributed by atoms with van der Waals surface area (Å²) in [6.45, 7) is 3.43. The fraction of sp³-hybridized carbons (Fsp3) is 0.412. The second-order valence-electron chi connectivity index (χ2n) is 6.48. The Kier molecular flexibility index (Phi) is 3.66. The fourth-order valence-corrected chi connectivity index (χ4v) is 3.22. The average molecular weight is 330 g/mol. The molecule has 24 heavy (non-hydrogen) atoms. The number of nitrogens with zero attached hydrogens (tertiary/aromatic N) is 1. The molecule has 0 aromatic heterocycles. The molecule has 1 saturated heterocycles. The van der Waals surface area contributed by atoms with Gasteiger partial charge < -0.3 is 4.74 Å². The van der Waals surface area contributed by atoms with E-state index >= 15 is 0 Å². The molecule has 2 aliphatic rings. The van der Waals surface area contributed by atoms with Crippen molar-refractivity contribution in [3.63, 3.8) is 0 Å². The van der Waals surface area contributed by atoms with Gasteiger partial charge in [-0.3, -0.25) is 29.4 Å². The van der Waals surface area contributed by atoms with Crippen LogP contribution in [0.1, 0.15) is 42.6 Å². The van der Waals surface area contributed by atoms with Gasteiger partial charge in [0, 0.05) is 12.0 Å². The molecule has 7 nitrogen and oxygen atoms in total. The quantitative estimate of drug-likeness (QED) is 0.808. The van der Waals surface area contributed by atoms with Crippen LogP contribution in [0.5, 0.6) is 5.75 Å². The SMILES string of the molecule is COc1ccc2c(c1)C(=O)N(C1CCC(=O)NC1=O)C(=O)C2(C)C. The van der Waals surface area contributed by atoms with Crippen molar-refractivity contribution in [2.45, 2.75) is 38.1 Å². The van der Waals surface area contributed by atoms with Crippen LogP contribution in [0.15, 0.2) is 18.2 Å². The Labute approximate surface area is 139 Å². The highest BCUT2D eigenvalue weighted by Gasteiger charge is 2.49. The van der Waals surface area contributed by atoms with Crippen molar-refractivity contribution in [2.24, 2.45) is 0 Å². The van der Waals surface area contributed by atoms with E-state index in [4.69, 9.17) is 4.74 Å². The highest BCUT2D eigenvalue weighted by molar-refractivity contribution is 6.16. The van der Waals surface area contributed by atoms with Crippen molar-refractivity contribution in [2.75, 3.05) is 7.11 Å². The Morgan fingerprint density at radius 1 is 1.21 bits per heavy atom. The predicted molar refractivity (Wildman–Crippen MR) is 83.4 cm³/mol. The number of hydrogen-bond donors (Lipinski definition) is 1. The maximum absolute atomic E-state index is 12.9. The lowest BCUT2D eigenvalue weighted by atomic mass is 9.76. The average Bonchev–Trinajstić information content (AvgIpc) is 2.54. The van der Waals surface area contributed by atoms with Gasteiger partial charge in [0.1, 0.15) is 11.8 Å². The van der Waals surface area contributed by atoms with Crippen LogP contribution in [-0.2, 0) is 19.8 Å². The number of benzene rings is 1. The largest absolute Gasteiger partial charge is 0.497 e. The molecule has 1 aromatic rings. The van der Waals surface area contributed by atoms with Gasteiger partial charge in [0.15, 0.2) is 0 Å². The number of imide groups is 2. The van der Waals surface area contributed by atoms with Crippen LogP contribution in [-0.4, -0.2) is 41.7 Å². The lowest BCUT2D eigenvalue weighted by molar-refractivity contribution is -0.146. The molecule has 1 N–H and O–H groups in total. The number of rotatable bonds is 2. The van der Waals surface area contributed by atoms with Crippen molar-refractivity contribution in [1.29, 1.82) is 0 Å². The molecule has 1 fully saturated rings. The number of methoxy groups -OCH3 is 1. The summed E-state index contributed by atoms with van der Waals surface area (Å²) in [5.41, 5.74) is -0.0254. The monoisotopic (exact) mass is 330 g/mol. The van der Waals surface area contributed by atoms with Crippen LogP contribution in [0.25, 0.3) is 0 Å². The van der Waals surface area contributed by atoms with Gasteiger partial charge in [-0.05, 0) is 38.0 Å². The van der Waals surface area contributed by atoms with E-state index < -0.39 is 35.1 Å². The summed E-state index contributed by atoms with van der Waals surface area (Å²) < 4.78 is 5.16. The summed E-state index contributed by atoms with van der Waals surface area (Å²) in [6.07, 6.45) is 0.233. The van der Waals surface area contributed by atoms with Gasteiger partial charge in [0.2, 0.25) is 17.7 Å². The summed E-state index contributed by atoms with van der Waals surface area (Å²) in [7, 11) is 1.49. The van der Waals surface area contributed by atoms with Gasteiger partial charge in [-0.25, -0.2) is 0 Å². The number of carbonyl (C=O) groups is 4. The van der Waals surface area contributed by atoms with E-state index in [0.29, 0.717) is 16.9 Å². The van der Waals surface area contributed by atoms with Gasteiger partial charge in [0.25, 0.3) is 5.91 Å². The molecular weight excluding hydrogens is 312 g/mol. The number of amides is 4. The molecule has 7 heteroatoms. The van der Waals surface area contributed by atoms with Crippen LogP contribution < -0.4 is 10.1 Å². The van der Waals surface area contributed by atoms with Crippen molar-refractivity contribution in [3.8, 4) is 5.75 Å². The molecule has 1 aromatic carbocycles. The lowest BCUT2D eigenvalue weighted by Gasteiger charge is -2.41. The first kappa shape index (κ1) is 16.2. The molecule has 3 rings (SSSR count). The molecule has 0 saturated carbocycles. The molecule has 0 spiro atoms. The number of carbonyl (C=O) groups excluding carboxylic acids is 4. The zero-order valence-electron chi connectivity index (χ0n) is 13.7. The molecular formula is C17H18N2O5. The third kappa shape index (κ3) is 2.28. The first-order chi connectivity index (χ1) is 11.3. The van der Waals surface area contributed by atoms with Crippen LogP contribution in [0.2, 0.25) is 0 Å². The lowest BCUT2D eigenvalue weighted by Crippen LogP contribution is -2.61. The fourth-order valence-electron chi connectivity index (χ4n) is 3.22. The molecule has 0 aliphatic carbocycles. The molecule has 2 aliphatic heterocycles. The standard InChI is InChI=1S/C17H18N2O5/c1-17(2)11-5-4-9(24-3)8-10(11)15(22)19(16(17)23)12-6-7-13(20)18-14(12)21/h4-5,8,12H,6-7H2,1-3H3,(H,18,20,21). The van der Waals surface area contributed by atoms with Crippen LogP contribution in [0, 0.1) is 0 Å². The number of nitrogens with one attached hydrogen (secondary N) is 1. The normalized spacial score (nSPS) is 23.0. The highest BCUT2D eigenvalue weighted by atomic mass is 16.5. The molecule has 1 atom stereocenters. The number of ether oxygens (including phenoxy) is 1. The first-order valence-electron chi connectivity index (χ1n) is 7.67. The number of hydrogen-bond acceptors (Lipinski definition) is 5. The Bertz CT molecular complexity index is 768. The zero-order valence-corrected chi connectivity index (χ0v) is 13.7. The summed E-state index contributed by atoms with van der Waals surface area (Å²) >= 11 is 0. The Balaban J connectivity index is 2.09. The Morgan fingerprint density at radius 2 is 1.92 bits per heavy atom. The number of piperidine rings is 1. The van der Waals surface area contributed by atoms with E-state index in [9.17, 15) is 19.2 Å². The van der Waals surface area contributed by atoms with Gasteiger partial charge >= 0.3 is 0 Å². The summed E-state index contributed by atoms with van der Waals surface area (Å²) in [4.78, 5) is 50.3. The molecule has 2 heterocycles. The summed E-state index contributed by atoms with van der Waals surface area (Å²) in [6, 6.07) is 4.00. The van der Waals surface area contributed by atoms with Gasteiger partial charge in [-0.2, -0.15) is 0 Å². The molecule has 0 radical (unpaired) electrons. The van der Waals surface area contributed by atoms with Crippen LogP contribution in [0.3, 0.4) is 0 Å². The highest BCUT2D eigenvalue weighted by Crippen LogP contribution is 2.37. The minimum absolute atomic E-state index is 0.0961. The van der Waals surface area contributed by atoms with E-state index in [1.165, 1.54) is 7.11 Å². The van der Waals surface area contributed by atoms with Gasteiger partial charge in [0.05, 0.1) is 12.5 Å². The predicted octanol–water partition coefficient (Wildman–Crippen LogP) is 0.760. The smallest absolute Gasteiger partial charge is 0.261 e. The van der Waals surface area contributed by atoms with E-state index in [0.717, 1.165) is 4.90 Å². The topological polar surface area (TPSA) is 92.8 Å². The van der Waals surface area contributed by atoms with E-state index in [1.807, 2.05) is 0 Å². The Hall–Kier alpha value is -2.70. The third-order valence-electron chi connectivity index (χ3n) is 4.62. The molecule has 126 valence electrons. The van der Waals surface area contributed by atoms with Gasteiger partial charge in [-0.15, -0.1) is 0 Å². The summed E-state index contributed by atoms with van der Waals surface area (Å²) in [5.74, 6) is -1.50.